The Kier molecular flexibility index (Phi) is 7.65. The molecule has 0 spiro atoms. The minimum atomic E-state index is -1.15. The molecule has 1 amide bonds. The summed E-state index contributed by atoms with van der Waals surface area (Å²) in [6.45, 7) is 7.15. The summed E-state index contributed by atoms with van der Waals surface area (Å²) in [5.41, 5.74) is -0.0577. The van der Waals surface area contributed by atoms with Crippen LogP contribution in [0.5, 0.6) is 11.6 Å². The van der Waals surface area contributed by atoms with Crippen molar-refractivity contribution in [3.63, 3.8) is 0 Å². The van der Waals surface area contributed by atoms with E-state index in [1.165, 1.54) is 23.5 Å². The lowest BCUT2D eigenvalue weighted by Gasteiger charge is -2.30. The fourth-order valence-electron chi connectivity index (χ4n) is 3.65. The molecule has 1 unspecified atom stereocenters. The van der Waals surface area contributed by atoms with Crippen molar-refractivity contribution in [2.24, 2.45) is 0 Å². The van der Waals surface area contributed by atoms with Crippen molar-refractivity contribution < 1.29 is 28.5 Å². The van der Waals surface area contributed by atoms with Gasteiger partial charge in [0, 0.05) is 23.3 Å². The maximum atomic E-state index is 14.9. The highest BCUT2D eigenvalue weighted by Crippen LogP contribution is 2.38. The number of hydrogen-bond donors (Lipinski definition) is 1. The third-order valence-corrected chi connectivity index (χ3v) is 6.77. The predicted molar refractivity (Wildman–Crippen MR) is 133 cm³/mol. The van der Waals surface area contributed by atoms with Gasteiger partial charge in [-0.1, -0.05) is 47.2 Å². The lowest BCUT2D eigenvalue weighted by Crippen LogP contribution is -2.49. The maximum absolute atomic E-state index is 14.9. The van der Waals surface area contributed by atoms with Gasteiger partial charge in [-0.15, -0.1) is 10.2 Å². The van der Waals surface area contributed by atoms with Crippen LogP contribution in [0.4, 0.5) is 9.18 Å². The van der Waals surface area contributed by atoms with Crippen molar-refractivity contribution in [1.29, 1.82) is 0 Å². The second-order valence-corrected chi connectivity index (χ2v) is 9.94. The maximum Gasteiger partial charge on any atom is 0.410 e. The number of nitrogens with zero attached hydrogens (tertiary/aromatic N) is 4. The number of aromatic nitrogens is 3. The average molecular weight is 555 g/mol. The lowest BCUT2D eigenvalue weighted by atomic mass is 10.2. The van der Waals surface area contributed by atoms with Gasteiger partial charge in [-0.3, -0.25) is 4.90 Å². The van der Waals surface area contributed by atoms with E-state index < -0.39 is 23.7 Å². The Labute approximate surface area is 220 Å². The van der Waals surface area contributed by atoms with Crippen molar-refractivity contribution in [3.8, 4) is 32.8 Å². The van der Waals surface area contributed by atoms with Crippen molar-refractivity contribution in [1.82, 2.24) is 20.1 Å². The van der Waals surface area contributed by atoms with Gasteiger partial charge in [0.15, 0.2) is 11.6 Å². The van der Waals surface area contributed by atoms with Gasteiger partial charge >= 0.3 is 6.09 Å². The van der Waals surface area contributed by atoms with Gasteiger partial charge in [0.1, 0.15) is 34.1 Å². The van der Waals surface area contributed by atoms with Crippen LogP contribution in [0.2, 0.25) is 10.2 Å². The average Bonchev–Trinajstić information content (AvgIpc) is 3.41. The fraction of sp³-hybridized carbons (Fsp3) is 0.304. The van der Waals surface area contributed by atoms with Crippen LogP contribution in [-0.2, 0) is 4.74 Å². The Hall–Kier alpha value is -2.99. The zero-order valence-electron chi connectivity index (χ0n) is 19.2. The first kappa shape index (κ1) is 26.1. The second kappa shape index (κ2) is 10.6. The van der Waals surface area contributed by atoms with Crippen LogP contribution in [0, 0.1) is 5.82 Å². The summed E-state index contributed by atoms with van der Waals surface area (Å²) in [4.78, 5) is 16.8. The topological polar surface area (TPSA) is 107 Å². The van der Waals surface area contributed by atoms with Crippen LogP contribution in [0.3, 0.4) is 0 Å². The van der Waals surface area contributed by atoms with Gasteiger partial charge in [0.2, 0.25) is 5.88 Å². The molecule has 2 aromatic heterocycles. The molecule has 1 atom stereocenters. The summed E-state index contributed by atoms with van der Waals surface area (Å²) in [7, 11) is 0. The molecule has 0 aliphatic carbocycles. The highest BCUT2D eigenvalue weighted by Gasteiger charge is 2.44. The number of ether oxygens (including phenoxy) is 3. The van der Waals surface area contributed by atoms with E-state index in [2.05, 4.69) is 21.8 Å². The first-order valence-corrected chi connectivity index (χ1v) is 12.2. The van der Waals surface area contributed by atoms with E-state index in [1.807, 2.05) is 0 Å². The molecule has 13 heteroatoms. The zero-order valence-corrected chi connectivity index (χ0v) is 21.5. The van der Waals surface area contributed by atoms with Crippen molar-refractivity contribution in [2.45, 2.75) is 25.6 Å². The predicted octanol–water partition coefficient (Wildman–Crippen LogP) is 5.77. The molecule has 3 aromatic rings. The number of benzene rings is 1. The summed E-state index contributed by atoms with van der Waals surface area (Å²) >= 11 is 13.7. The van der Waals surface area contributed by atoms with E-state index >= 15 is 0 Å². The number of carbonyl (C=O) groups is 1. The molecular formula is C23H21Cl2FN4O5S. The van der Waals surface area contributed by atoms with Crippen LogP contribution >= 0.6 is 34.5 Å². The molecule has 0 radical (unpaired) electrons. The lowest BCUT2D eigenvalue weighted by molar-refractivity contribution is -0.0430. The number of hydrogen-bond acceptors (Lipinski definition) is 8. The van der Waals surface area contributed by atoms with E-state index in [4.69, 9.17) is 37.4 Å². The molecule has 1 saturated heterocycles. The Morgan fingerprint density at radius 1 is 1.31 bits per heavy atom. The molecule has 36 heavy (non-hydrogen) atoms. The molecule has 0 bridgehead atoms. The van der Waals surface area contributed by atoms with Gasteiger partial charge in [0.05, 0.1) is 17.7 Å². The molecule has 3 heterocycles. The summed E-state index contributed by atoms with van der Waals surface area (Å²) < 4.78 is 31.5. The van der Waals surface area contributed by atoms with Crippen LogP contribution < -0.4 is 9.47 Å². The number of carboxylic acid groups (broad SMARTS) is 1. The van der Waals surface area contributed by atoms with Crippen LogP contribution in [-0.4, -0.2) is 62.9 Å². The molecule has 1 aliphatic heterocycles. The quantitative estimate of drug-likeness (QED) is 0.276. The Morgan fingerprint density at radius 3 is 2.78 bits per heavy atom. The van der Waals surface area contributed by atoms with Gasteiger partial charge in [-0.25, -0.2) is 14.2 Å². The first-order valence-electron chi connectivity index (χ1n) is 10.6. The standard InChI is InChI=1S/C23H21Cl2FN4O5S/c1-4-5-33-19-7-12(6-18(25)27-19)20-28-29-21(36-20)14-8-16(26)17(9-15(14)24)34-10-13-11-35-23(2,3)30(13)22(31)32/h4,6-9,13H,1,5,10-11H2,2-3H3,(H,31,32). The SMILES string of the molecule is C=CCOc1cc(-c2nnc(-c3cc(F)c(OCC4COC(C)(C)N4C(=O)O)cc3Cl)s2)cc(Cl)n1. The highest BCUT2D eigenvalue weighted by molar-refractivity contribution is 7.18. The number of amides is 1. The molecule has 9 nitrogen and oxygen atoms in total. The Morgan fingerprint density at radius 2 is 2.06 bits per heavy atom. The molecule has 1 aromatic carbocycles. The second-order valence-electron chi connectivity index (χ2n) is 8.17. The largest absolute Gasteiger partial charge is 0.488 e. The summed E-state index contributed by atoms with van der Waals surface area (Å²) in [6.07, 6.45) is 0.432. The smallest absolute Gasteiger partial charge is 0.410 e. The number of halogens is 3. The monoisotopic (exact) mass is 554 g/mol. The third kappa shape index (κ3) is 5.54. The zero-order chi connectivity index (χ0) is 26.0. The summed E-state index contributed by atoms with van der Waals surface area (Å²) in [6, 6.07) is 5.19. The molecule has 4 rings (SSSR count). The first-order chi connectivity index (χ1) is 17.1. The molecular weight excluding hydrogens is 534 g/mol. The van der Waals surface area contributed by atoms with Crippen LogP contribution in [0.15, 0.2) is 36.9 Å². The fourth-order valence-corrected chi connectivity index (χ4v) is 5.01. The van der Waals surface area contributed by atoms with Gasteiger partial charge < -0.3 is 19.3 Å². The molecule has 0 saturated carbocycles. The van der Waals surface area contributed by atoms with Gasteiger partial charge in [-0.05, 0) is 26.0 Å². The highest BCUT2D eigenvalue weighted by atomic mass is 35.5. The Bertz CT molecular complexity index is 1310. The van der Waals surface area contributed by atoms with Crippen molar-refractivity contribution in [3.05, 3.63) is 52.9 Å². The normalized spacial score (nSPS) is 16.7. The van der Waals surface area contributed by atoms with Crippen LogP contribution in [0.25, 0.3) is 21.1 Å². The third-order valence-electron chi connectivity index (χ3n) is 5.26. The molecule has 1 fully saturated rings. The van der Waals surface area contributed by atoms with Crippen LogP contribution in [0.1, 0.15) is 13.8 Å². The van der Waals surface area contributed by atoms with Gasteiger partial charge in [-0.2, -0.15) is 0 Å². The minimum Gasteiger partial charge on any atom is -0.488 e. The van der Waals surface area contributed by atoms with E-state index in [0.717, 1.165) is 4.90 Å². The van der Waals surface area contributed by atoms with E-state index in [0.29, 0.717) is 27.0 Å². The van der Waals surface area contributed by atoms with Gasteiger partial charge in [0.25, 0.3) is 0 Å². The van der Waals surface area contributed by atoms with Crippen molar-refractivity contribution >= 4 is 40.6 Å². The van der Waals surface area contributed by atoms with Crippen molar-refractivity contribution in [2.75, 3.05) is 19.8 Å². The molecule has 1 N–H and O–H groups in total. The van der Waals surface area contributed by atoms with E-state index in [-0.39, 0.29) is 35.7 Å². The van der Waals surface area contributed by atoms with E-state index in [1.54, 1.807) is 32.1 Å². The molecule has 190 valence electrons. The number of pyridine rings is 1. The summed E-state index contributed by atoms with van der Waals surface area (Å²) in [5, 5.41) is 19.1. The summed E-state index contributed by atoms with van der Waals surface area (Å²) in [5.74, 6) is -0.496. The minimum absolute atomic E-state index is 0.107. The van der Waals surface area contributed by atoms with E-state index in [9.17, 15) is 14.3 Å². The molecule has 1 aliphatic rings. The number of rotatable bonds is 8. The Balaban J connectivity index is 1.53.